The molecule has 20 heavy (non-hydrogen) atoms. The molecule has 2 fully saturated rings. The molecule has 120 valence electrons. The van der Waals surface area contributed by atoms with E-state index >= 15 is 0 Å². The zero-order chi connectivity index (χ0) is 14.8. The maximum Gasteiger partial charge on any atom is 0.0582 e. The van der Waals surface area contributed by atoms with Gasteiger partial charge in [0, 0.05) is 7.11 Å². The minimum Gasteiger partial charge on any atom is -0.381 e. The molecule has 0 aromatic heterocycles. The SMILES string of the molecule is CCCCCCCC.COC1CC2(CCN(C)CC2)C1. The number of piperidine rings is 1. The van der Waals surface area contributed by atoms with Gasteiger partial charge < -0.3 is 9.64 Å². The quantitative estimate of drug-likeness (QED) is 0.645. The summed E-state index contributed by atoms with van der Waals surface area (Å²) in [5.74, 6) is 0. The van der Waals surface area contributed by atoms with Crippen LogP contribution in [0.25, 0.3) is 0 Å². The fourth-order valence-electron chi connectivity index (χ4n) is 3.43. The number of likely N-dealkylation sites (tertiary alicyclic amines) is 1. The highest BCUT2D eigenvalue weighted by Gasteiger charge is 2.45. The summed E-state index contributed by atoms with van der Waals surface area (Å²) in [5, 5.41) is 0. The van der Waals surface area contributed by atoms with E-state index in [1.165, 1.54) is 77.3 Å². The fraction of sp³-hybridized carbons (Fsp3) is 1.00. The van der Waals surface area contributed by atoms with Crippen molar-refractivity contribution >= 4 is 0 Å². The second-order valence-corrected chi connectivity index (χ2v) is 6.98. The summed E-state index contributed by atoms with van der Waals surface area (Å²) in [6, 6.07) is 0. The Bertz CT molecular complexity index is 212. The van der Waals surface area contributed by atoms with Crippen molar-refractivity contribution in [1.82, 2.24) is 4.90 Å². The van der Waals surface area contributed by atoms with Gasteiger partial charge >= 0.3 is 0 Å². The monoisotopic (exact) mass is 283 g/mol. The first-order valence-electron chi connectivity index (χ1n) is 8.87. The Kier molecular flexibility index (Phi) is 8.79. The molecule has 0 aromatic carbocycles. The van der Waals surface area contributed by atoms with Gasteiger partial charge in [-0.05, 0) is 51.2 Å². The van der Waals surface area contributed by atoms with Crippen LogP contribution in [-0.2, 0) is 4.74 Å². The predicted molar refractivity (Wildman–Crippen MR) is 88.2 cm³/mol. The highest BCUT2D eigenvalue weighted by atomic mass is 16.5. The molecule has 1 spiro atoms. The van der Waals surface area contributed by atoms with Crippen LogP contribution in [0.5, 0.6) is 0 Å². The molecule has 0 bridgehead atoms. The van der Waals surface area contributed by atoms with Gasteiger partial charge in [-0.15, -0.1) is 0 Å². The second-order valence-electron chi connectivity index (χ2n) is 6.98. The number of nitrogens with zero attached hydrogens (tertiary/aromatic N) is 1. The van der Waals surface area contributed by atoms with Crippen molar-refractivity contribution in [2.45, 2.75) is 84.2 Å². The second kappa shape index (κ2) is 9.78. The Labute approximate surface area is 127 Å². The number of rotatable bonds is 6. The van der Waals surface area contributed by atoms with Crippen LogP contribution >= 0.6 is 0 Å². The van der Waals surface area contributed by atoms with E-state index in [4.69, 9.17) is 4.74 Å². The number of methoxy groups -OCH3 is 1. The lowest BCUT2D eigenvalue weighted by atomic mass is 9.61. The van der Waals surface area contributed by atoms with Crippen LogP contribution in [0, 0.1) is 5.41 Å². The summed E-state index contributed by atoms with van der Waals surface area (Å²) >= 11 is 0. The van der Waals surface area contributed by atoms with Gasteiger partial charge in [-0.1, -0.05) is 52.4 Å². The largest absolute Gasteiger partial charge is 0.381 e. The number of unbranched alkanes of at least 4 members (excludes halogenated alkanes) is 5. The Morgan fingerprint density at radius 3 is 1.85 bits per heavy atom. The van der Waals surface area contributed by atoms with Crippen molar-refractivity contribution in [3.05, 3.63) is 0 Å². The third-order valence-electron chi connectivity index (χ3n) is 5.16. The van der Waals surface area contributed by atoms with E-state index in [0.717, 1.165) is 0 Å². The van der Waals surface area contributed by atoms with Crippen LogP contribution in [0.3, 0.4) is 0 Å². The van der Waals surface area contributed by atoms with E-state index in [9.17, 15) is 0 Å². The van der Waals surface area contributed by atoms with E-state index in [1.54, 1.807) is 0 Å². The van der Waals surface area contributed by atoms with E-state index in [1.807, 2.05) is 7.11 Å². The summed E-state index contributed by atoms with van der Waals surface area (Å²) in [6.07, 6.45) is 14.5. The lowest BCUT2D eigenvalue weighted by Crippen LogP contribution is -2.48. The van der Waals surface area contributed by atoms with Gasteiger partial charge in [-0.3, -0.25) is 0 Å². The standard InChI is InChI=1S/C10H19NO.C8H18/c1-11-5-3-10(4-6-11)7-9(8-10)12-2;1-3-5-7-8-6-4-2/h9H,3-8H2,1-2H3;3-8H2,1-2H3. The van der Waals surface area contributed by atoms with Gasteiger partial charge in [0.1, 0.15) is 0 Å². The van der Waals surface area contributed by atoms with Crippen LogP contribution in [0.15, 0.2) is 0 Å². The molecule has 2 nitrogen and oxygen atoms in total. The topological polar surface area (TPSA) is 12.5 Å². The highest BCUT2D eigenvalue weighted by molar-refractivity contribution is 4.97. The third-order valence-corrected chi connectivity index (χ3v) is 5.16. The van der Waals surface area contributed by atoms with Gasteiger partial charge in [0.25, 0.3) is 0 Å². The lowest BCUT2D eigenvalue weighted by Gasteiger charge is -2.51. The molecule has 2 heteroatoms. The highest BCUT2D eigenvalue weighted by Crippen LogP contribution is 2.49. The van der Waals surface area contributed by atoms with Crippen molar-refractivity contribution in [2.24, 2.45) is 5.41 Å². The van der Waals surface area contributed by atoms with Crippen LogP contribution in [0.2, 0.25) is 0 Å². The molecule has 0 unspecified atom stereocenters. The maximum atomic E-state index is 5.33. The minimum atomic E-state index is 0.577. The van der Waals surface area contributed by atoms with Gasteiger partial charge in [0.05, 0.1) is 6.10 Å². The number of ether oxygens (including phenoxy) is 1. The average molecular weight is 284 g/mol. The Morgan fingerprint density at radius 2 is 1.45 bits per heavy atom. The molecule has 0 atom stereocenters. The van der Waals surface area contributed by atoms with Crippen LogP contribution in [-0.4, -0.2) is 38.3 Å². The molecule has 1 heterocycles. The molecule has 0 radical (unpaired) electrons. The molecular formula is C18H37NO. The summed E-state index contributed by atoms with van der Waals surface area (Å²) in [4.78, 5) is 2.44. The summed E-state index contributed by atoms with van der Waals surface area (Å²) in [5.41, 5.74) is 0.688. The van der Waals surface area contributed by atoms with Gasteiger partial charge in [0.2, 0.25) is 0 Å². The number of hydrogen-bond donors (Lipinski definition) is 0. The van der Waals surface area contributed by atoms with Crippen LogP contribution in [0.4, 0.5) is 0 Å². The van der Waals surface area contributed by atoms with Gasteiger partial charge in [-0.2, -0.15) is 0 Å². The maximum absolute atomic E-state index is 5.33. The molecule has 0 aromatic rings. The molecule has 0 amide bonds. The van der Waals surface area contributed by atoms with E-state index in [-0.39, 0.29) is 0 Å². The molecule has 1 saturated heterocycles. The smallest absolute Gasteiger partial charge is 0.0582 e. The molecule has 1 aliphatic heterocycles. The number of hydrogen-bond acceptors (Lipinski definition) is 2. The molecule has 2 rings (SSSR count). The average Bonchev–Trinajstić information content (AvgIpc) is 2.43. The van der Waals surface area contributed by atoms with Crippen molar-refractivity contribution in [3.8, 4) is 0 Å². The third kappa shape index (κ3) is 6.13. The summed E-state index contributed by atoms with van der Waals surface area (Å²) in [6.45, 7) is 7.09. The first-order chi connectivity index (χ1) is 9.65. The normalized spacial score (nSPS) is 22.2. The summed E-state index contributed by atoms with van der Waals surface area (Å²) < 4.78 is 5.33. The molecular weight excluding hydrogens is 246 g/mol. The van der Waals surface area contributed by atoms with E-state index < -0.39 is 0 Å². The van der Waals surface area contributed by atoms with Gasteiger partial charge in [0.15, 0.2) is 0 Å². The first kappa shape index (κ1) is 18.0. The molecule has 0 N–H and O–H groups in total. The van der Waals surface area contributed by atoms with E-state index in [2.05, 4.69) is 25.8 Å². The summed E-state index contributed by atoms with van der Waals surface area (Å²) in [7, 11) is 4.06. The van der Waals surface area contributed by atoms with Crippen molar-refractivity contribution < 1.29 is 4.74 Å². The Morgan fingerprint density at radius 1 is 0.950 bits per heavy atom. The van der Waals surface area contributed by atoms with Crippen molar-refractivity contribution in [3.63, 3.8) is 0 Å². The predicted octanol–water partition coefficient (Wildman–Crippen LogP) is 4.87. The Hall–Kier alpha value is -0.0800. The van der Waals surface area contributed by atoms with Crippen molar-refractivity contribution in [2.75, 3.05) is 27.2 Å². The minimum absolute atomic E-state index is 0.577. The molecule has 2 aliphatic rings. The van der Waals surface area contributed by atoms with Crippen LogP contribution < -0.4 is 0 Å². The van der Waals surface area contributed by atoms with Crippen LogP contribution in [0.1, 0.15) is 78.1 Å². The Balaban J connectivity index is 0.000000221. The zero-order valence-electron chi connectivity index (χ0n) is 14.4. The molecule has 1 saturated carbocycles. The zero-order valence-corrected chi connectivity index (χ0v) is 14.4. The molecule has 1 aliphatic carbocycles. The lowest BCUT2D eigenvalue weighted by molar-refractivity contribution is -0.0852. The van der Waals surface area contributed by atoms with E-state index in [0.29, 0.717) is 11.5 Å². The fourth-order valence-corrected chi connectivity index (χ4v) is 3.43. The van der Waals surface area contributed by atoms with Gasteiger partial charge in [-0.25, -0.2) is 0 Å². The van der Waals surface area contributed by atoms with Crippen molar-refractivity contribution in [1.29, 1.82) is 0 Å². The first-order valence-corrected chi connectivity index (χ1v) is 8.87.